The van der Waals surface area contributed by atoms with Crippen LogP contribution in [-0.2, 0) is 14.9 Å². The molecule has 0 saturated heterocycles. The summed E-state index contributed by atoms with van der Waals surface area (Å²) >= 11 is 6.25. The number of benzene rings is 1. The number of nitrogens with one attached hydrogen (secondary N) is 1. The van der Waals surface area contributed by atoms with Crippen molar-refractivity contribution in [2.75, 3.05) is 5.32 Å². The molecule has 0 heterocycles. The van der Waals surface area contributed by atoms with E-state index in [1.807, 2.05) is 0 Å². The van der Waals surface area contributed by atoms with Crippen molar-refractivity contribution in [1.29, 1.82) is 0 Å². The number of aliphatic carboxylic acids is 1. The Morgan fingerprint density at radius 3 is 2.39 bits per heavy atom. The molecule has 1 aromatic rings. The normalized spacial score (nSPS) is 16.9. The first-order valence-electron chi connectivity index (χ1n) is 7.67. The van der Waals surface area contributed by atoms with Crippen molar-refractivity contribution in [3.63, 3.8) is 0 Å². The molecule has 1 aliphatic carbocycles. The van der Waals surface area contributed by atoms with Gasteiger partial charge in [-0.2, -0.15) is 0 Å². The van der Waals surface area contributed by atoms with E-state index >= 15 is 0 Å². The Morgan fingerprint density at radius 1 is 1.26 bits per heavy atom. The van der Waals surface area contributed by atoms with E-state index in [0.29, 0.717) is 29.1 Å². The van der Waals surface area contributed by atoms with Crippen LogP contribution >= 0.6 is 11.6 Å². The van der Waals surface area contributed by atoms with Crippen LogP contribution in [0.3, 0.4) is 0 Å². The second-order valence-electron chi connectivity index (χ2n) is 6.92. The van der Waals surface area contributed by atoms with Crippen LogP contribution in [0.15, 0.2) is 18.2 Å². The Morgan fingerprint density at radius 2 is 1.87 bits per heavy atom. The molecule has 1 saturated carbocycles. The Hall–Kier alpha value is -1.75. The standard InChI is InChI=1S/C17H22ClNO4/c1-16(2,3)23-15(22)19-11-6-7-13(18)12(10-11)17(14(20)21)8-4-5-9-17/h6-7,10H,4-5,8-9H2,1-3H3,(H,19,22)(H,20,21). The molecule has 6 heteroatoms. The van der Waals surface area contributed by atoms with Crippen LogP contribution in [0, 0.1) is 0 Å². The molecule has 0 aromatic heterocycles. The van der Waals surface area contributed by atoms with E-state index in [0.717, 1.165) is 12.8 Å². The summed E-state index contributed by atoms with van der Waals surface area (Å²) in [6, 6.07) is 4.90. The maximum absolute atomic E-state index is 11.9. The lowest BCUT2D eigenvalue weighted by Gasteiger charge is -2.26. The highest BCUT2D eigenvalue weighted by atomic mass is 35.5. The molecule has 1 amide bonds. The molecule has 0 bridgehead atoms. The van der Waals surface area contributed by atoms with Gasteiger partial charge in [-0.3, -0.25) is 10.1 Å². The summed E-state index contributed by atoms with van der Waals surface area (Å²) in [6.07, 6.45) is 2.23. The Labute approximate surface area is 141 Å². The summed E-state index contributed by atoms with van der Waals surface area (Å²) in [6.45, 7) is 5.33. The van der Waals surface area contributed by atoms with E-state index < -0.39 is 23.1 Å². The predicted molar refractivity (Wildman–Crippen MR) is 89.1 cm³/mol. The van der Waals surface area contributed by atoms with Gasteiger partial charge in [0.05, 0.1) is 5.41 Å². The molecular weight excluding hydrogens is 318 g/mol. The number of halogens is 1. The lowest BCUT2D eigenvalue weighted by atomic mass is 9.79. The fraction of sp³-hybridized carbons (Fsp3) is 0.529. The Bertz CT molecular complexity index is 616. The minimum absolute atomic E-state index is 0.407. The van der Waals surface area contributed by atoms with Crippen molar-refractivity contribution in [3.8, 4) is 0 Å². The van der Waals surface area contributed by atoms with Gasteiger partial charge in [0.15, 0.2) is 0 Å². The average Bonchev–Trinajstić information content (AvgIpc) is 2.89. The summed E-state index contributed by atoms with van der Waals surface area (Å²) in [5.74, 6) is -0.869. The van der Waals surface area contributed by atoms with E-state index in [2.05, 4.69) is 5.32 Å². The Kier molecular flexibility index (Phi) is 4.90. The molecule has 0 unspecified atom stereocenters. The highest BCUT2D eigenvalue weighted by molar-refractivity contribution is 6.32. The van der Waals surface area contributed by atoms with Crippen molar-refractivity contribution < 1.29 is 19.4 Å². The topological polar surface area (TPSA) is 75.6 Å². The van der Waals surface area contributed by atoms with E-state index in [-0.39, 0.29) is 0 Å². The van der Waals surface area contributed by atoms with Crippen molar-refractivity contribution >= 4 is 29.4 Å². The van der Waals surface area contributed by atoms with Crippen LogP contribution in [0.2, 0.25) is 5.02 Å². The summed E-state index contributed by atoms with van der Waals surface area (Å²) < 4.78 is 5.21. The van der Waals surface area contributed by atoms with Gasteiger partial charge < -0.3 is 9.84 Å². The van der Waals surface area contributed by atoms with E-state index in [9.17, 15) is 14.7 Å². The third kappa shape index (κ3) is 3.96. The van der Waals surface area contributed by atoms with Crippen molar-refractivity contribution in [2.45, 2.75) is 57.5 Å². The highest BCUT2D eigenvalue weighted by Crippen LogP contribution is 2.44. The quantitative estimate of drug-likeness (QED) is 0.844. The largest absolute Gasteiger partial charge is 0.481 e. The zero-order valence-electron chi connectivity index (χ0n) is 13.6. The summed E-state index contributed by atoms with van der Waals surface area (Å²) in [7, 11) is 0. The zero-order valence-corrected chi connectivity index (χ0v) is 14.4. The van der Waals surface area contributed by atoms with Crippen LogP contribution in [0.25, 0.3) is 0 Å². The summed E-state index contributed by atoms with van der Waals surface area (Å²) in [5.41, 5.74) is -0.542. The van der Waals surface area contributed by atoms with E-state index in [1.54, 1.807) is 39.0 Å². The molecule has 1 aromatic carbocycles. The summed E-state index contributed by atoms with van der Waals surface area (Å²) in [4.78, 5) is 23.7. The molecule has 1 aliphatic rings. The van der Waals surface area contributed by atoms with Gasteiger partial charge in [-0.05, 0) is 57.4 Å². The fourth-order valence-electron chi connectivity index (χ4n) is 2.97. The maximum atomic E-state index is 11.9. The monoisotopic (exact) mass is 339 g/mol. The fourth-order valence-corrected chi connectivity index (χ4v) is 3.27. The second kappa shape index (κ2) is 6.40. The van der Waals surface area contributed by atoms with Crippen LogP contribution in [0.5, 0.6) is 0 Å². The van der Waals surface area contributed by atoms with Gasteiger partial charge in [-0.25, -0.2) is 4.79 Å². The van der Waals surface area contributed by atoms with Crippen molar-refractivity contribution in [3.05, 3.63) is 28.8 Å². The first kappa shape index (κ1) is 17.6. The van der Waals surface area contributed by atoms with Crippen LogP contribution in [0.1, 0.15) is 52.0 Å². The number of hydrogen-bond donors (Lipinski definition) is 2. The molecule has 126 valence electrons. The van der Waals surface area contributed by atoms with Gasteiger partial charge in [0.1, 0.15) is 5.60 Å². The average molecular weight is 340 g/mol. The molecular formula is C17H22ClNO4. The molecule has 0 atom stereocenters. The molecule has 1 fully saturated rings. The Balaban J connectivity index is 2.29. The number of carbonyl (C=O) groups excluding carboxylic acids is 1. The molecule has 5 nitrogen and oxygen atoms in total. The van der Waals surface area contributed by atoms with E-state index in [4.69, 9.17) is 16.3 Å². The number of rotatable bonds is 3. The number of carbonyl (C=O) groups is 2. The zero-order chi connectivity index (χ0) is 17.3. The molecule has 2 N–H and O–H groups in total. The number of amides is 1. The van der Waals surface area contributed by atoms with Gasteiger partial charge >= 0.3 is 12.1 Å². The first-order valence-corrected chi connectivity index (χ1v) is 8.05. The van der Waals surface area contributed by atoms with Gasteiger partial charge in [0.2, 0.25) is 0 Å². The molecule has 0 aliphatic heterocycles. The number of carboxylic acid groups (broad SMARTS) is 1. The van der Waals surface area contributed by atoms with Gasteiger partial charge in [-0.15, -0.1) is 0 Å². The van der Waals surface area contributed by atoms with Crippen LogP contribution in [0.4, 0.5) is 10.5 Å². The maximum Gasteiger partial charge on any atom is 0.412 e. The number of anilines is 1. The molecule has 23 heavy (non-hydrogen) atoms. The second-order valence-corrected chi connectivity index (χ2v) is 7.32. The van der Waals surface area contributed by atoms with Crippen LogP contribution < -0.4 is 5.32 Å². The highest BCUT2D eigenvalue weighted by Gasteiger charge is 2.44. The number of hydrogen-bond acceptors (Lipinski definition) is 3. The van der Waals surface area contributed by atoms with Crippen LogP contribution in [-0.4, -0.2) is 22.8 Å². The number of carboxylic acids is 1. The van der Waals surface area contributed by atoms with Gasteiger partial charge in [0.25, 0.3) is 0 Å². The third-order valence-electron chi connectivity index (χ3n) is 3.99. The molecule has 0 radical (unpaired) electrons. The smallest absolute Gasteiger partial charge is 0.412 e. The van der Waals surface area contributed by atoms with Gasteiger partial charge in [-0.1, -0.05) is 24.4 Å². The van der Waals surface area contributed by atoms with Gasteiger partial charge in [0, 0.05) is 10.7 Å². The predicted octanol–water partition coefficient (Wildman–Crippen LogP) is 4.58. The molecule has 2 rings (SSSR count). The first-order chi connectivity index (χ1) is 10.6. The number of ether oxygens (including phenoxy) is 1. The lowest BCUT2D eigenvalue weighted by molar-refractivity contribution is -0.143. The third-order valence-corrected chi connectivity index (χ3v) is 4.32. The summed E-state index contributed by atoms with van der Waals surface area (Å²) in [5, 5.41) is 12.7. The minimum atomic E-state index is -0.970. The SMILES string of the molecule is CC(C)(C)OC(=O)Nc1ccc(Cl)c(C2(C(=O)O)CCCC2)c1. The van der Waals surface area contributed by atoms with Crippen molar-refractivity contribution in [1.82, 2.24) is 0 Å². The van der Waals surface area contributed by atoms with Crippen molar-refractivity contribution in [2.24, 2.45) is 0 Å². The lowest BCUT2D eigenvalue weighted by Crippen LogP contribution is -2.33. The van der Waals surface area contributed by atoms with E-state index in [1.165, 1.54) is 0 Å². The molecule has 0 spiro atoms. The minimum Gasteiger partial charge on any atom is -0.481 e.